The predicted octanol–water partition coefficient (Wildman–Crippen LogP) is 2.35. The van der Waals surface area contributed by atoms with Gasteiger partial charge in [-0.25, -0.2) is 0 Å². The molecule has 0 spiro atoms. The number of carbonyl (C=O) groups is 2. The van der Waals surface area contributed by atoms with E-state index in [0.29, 0.717) is 56.7 Å². The van der Waals surface area contributed by atoms with Gasteiger partial charge >= 0.3 is 0 Å². The Morgan fingerprint density at radius 3 is 2.54 bits per heavy atom. The lowest BCUT2D eigenvalue weighted by atomic mass is 9.88. The van der Waals surface area contributed by atoms with Crippen LogP contribution in [-0.2, 0) is 20.9 Å². The van der Waals surface area contributed by atoms with E-state index >= 15 is 0 Å². The normalized spacial score (nSPS) is 20.4. The average molecular weight is 520 g/mol. The fourth-order valence-electron chi connectivity index (χ4n) is 4.92. The van der Waals surface area contributed by atoms with Crippen LogP contribution in [0.3, 0.4) is 0 Å². The quantitative estimate of drug-likeness (QED) is 0.305. The zero-order valence-corrected chi connectivity index (χ0v) is 22.8. The second kappa shape index (κ2) is 14.5. The Morgan fingerprint density at radius 2 is 1.89 bits per heavy atom. The number of ether oxygens (including phenoxy) is 3. The summed E-state index contributed by atoms with van der Waals surface area (Å²) >= 11 is 0. The van der Waals surface area contributed by atoms with E-state index in [-0.39, 0.29) is 42.3 Å². The lowest BCUT2D eigenvalue weighted by molar-refractivity contribution is -0.139. The van der Waals surface area contributed by atoms with Gasteiger partial charge in [-0.05, 0) is 49.3 Å². The first kappa shape index (κ1) is 29.2. The maximum Gasteiger partial charge on any atom is 0.227 e. The minimum Gasteiger partial charge on any atom is -0.493 e. The number of benzene rings is 1. The second-order valence-corrected chi connectivity index (χ2v) is 10.7. The summed E-state index contributed by atoms with van der Waals surface area (Å²) in [5, 5.41) is 15.9. The van der Waals surface area contributed by atoms with E-state index in [0.717, 1.165) is 31.2 Å². The second-order valence-electron chi connectivity index (χ2n) is 10.7. The molecule has 0 aromatic heterocycles. The van der Waals surface area contributed by atoms with Crippen LogP contribution in [0.25, 0.3) is 0 Å². The smallest absolute Gasteiger partial charge is 0.227 e. The fraction of sp³-hybridized carbons (Fsp3) is 0.714. The van der Waals surface area contributed by atoms with Crippen LogP contribution < -0.4 is 20.1 Å². The zero-order chi connectivity index (χ0) is 26.8. The van der Waals surface area contributed by atoms with E-state index in [9.17, 15) is 14.7 Å². The lowest BCUT2D eigenvalue weighted by Crippen LogP contribution is -2.51. The van der Waals surface area contributed by atoms with Gasteiger partial charge in [-0.2, -0.15) is 0 Å². The standard InChI is InChI=1S/C28H45N3O6/c1-19(2)12-23(18-32)30-27(33)21-14-22(16-29-15-21)28(34)31(24-7-8-24)17-20-6-9-25(26(13-20)36-4)37-11-5-10-35-3/h6,9,13,19,21-24,29,32H,5,7-8,10-12,14-18H2,1-4H3,(H,30,33)/t21-,22+,23?/m0/s1. The van der Waals surface area contributed by atoms with Gasteiger partial charge < -0.3 is 34.9 Å². The molecule has 2 aliphatic rings. The van der Waals surface area contributed by atoms with E-state index in [1.54, 1.807) is 14.2 Å². The Hall–Kier alpha value is -2.36. The number of amides is 2. The number of aliphatic hydroxyl groups excluding tert-OH is 1. The Kier molecular flexibility index (Phi) is 11.5. The summed E-state index contributed by atoms with van der Waals surface area (Å²) < 4.78 is 16.5. The number of piperidine rings is 1. The van der Waals surface area contributed by atoms with Gasteiger partial charge in [-0.1, -0.05) is 19.9 Å². The fourth-order valence-corrected chi connectivity index (χ4v) is 4.92. The number of rotatable bonds is 15. The van der Waals surface area contributed by atoms with Crippen molar-refractivity contribution in [1.29, 1.82) is 0 Å². The Labute approximate surface area is 221 Å². The number of methoxy groups -OCH3 is 2. The number of nitrogens with one attached hydrogen (secondary N) is 2. The molecular weight excluding hydrogens is 474 g/mol. The third kappa shape index (κ3) is 8.86. The van der Waals surface area contributed by atoms with E-state index < -0.39 is 0 Å². The molecule has 37 heavy (non-hydrogen) atoms. The Morgan fingerprint density at radius 1 is 1.14 bits per heavy atom. The summed E-state index contributed by atoms with van der Waals surface area (Å²) in [6, 6.07) is 5.80. The molecule has 0 radical (unpaired) electrons. The molecule has 9 heteroatoms. The molecule has 1 aliphatic heterocycles. The molecule has 2 fully saturated rings. The number of nitrogens with zero attached hydrogens (tertiary/aromatic N) is 1. The first-order valence-electron chi connectivity index (χ1n) is 13.6. The molecule has 0 bridgehead atoms. The topological polar surface area (TPSA) is 109 Å². The van der Waals surface area contributed by atoms with Crippen molar-refractivity contribution in [2.24, 2.45) is 17.8 Å². The molecular formula is C28H45N3O6. The van der Waals surface area contributed by atoms with Crippen LogP contribution in [0.4, 0.5) is 0 Å². The number of aliphatic hydroxyl groups is 1. The highest BCUT2D eigenvalue weighted by atomic mass is 16.5. The third-order valence-electron chi connectivity index (χ3n) is 7.00. The van der Waals surface area contributed by atoms with Crippen molar-refractivity contribution in [3.05, 3.63) is 23.8 Å². The van der Waals surface area contributed by atoms with Crippen LogP contribution in [0.2, 0.25) is 0 Å². The van der Waals surface area contributed by atoms with Crippen LogP contribution in [-0.4, -0.2) is 81.0 Å². The van der Waals surface area contributed by atoms with Crippen molar-refractivity contribution in [3.63, 3.8) is 0 Å². The SMILES string of the molecule is COCCCOc1ccc(CN(C(=O)[C@H]2CNC[C@@H](C(=O)NC(CO)CC(C)C)C2)C2CC2)cc1OC. The highest BCUT2D eigenvalue weighted by Gasteiger charge is 2.39. The average Bonchev–Trinajstić information content (AvgIpc) is 3.74. The lowest BCUT2D eigenvalue weighted by Gasteiger charge is -2.33. The molecule has 1 unspecified atom stereocenters. The molecule has 1 aromatic rings. The third-order valence-corrected chi connectivity index (χ3v) is 7.00. The van der Waals surface area contributed by atoms with Crippen LogP contribution in [0, 0.1) is 17.8 Å². The van der Waals surface area contributed by atoms with Gasteiger partial charge in [0.25, 0.3) is 0 Å². The molecule has 2 amide bonds. The highest BCUT2D eigenvalue weighted by Crippen LogP contribution is 2.34. The highest BCUT2D eigenvalue weighted by molar-refractivity contribution is 5.83. The van der Waals surface area contributed by atoms with Crippen LogP contribution in [0.15, 0.2) is 18.2 Å². The van der Waals surface area contributed by atoms with Gasteiger partial charge in [-0.15, -0.1) is 0 Å². The summed E-state index contributed by atoms with van der Waals surface area (Å²) in [5.41, 5.74) is 0.985. The molecule has 1 aromatic carbocycles. The molecule has 208 valence electrons. The van der Waals surface area contributed by atoms with Crippen molar-refractivity contribution in [3.8, 4) is 11.5 Å². The summed E-state index contributed by atoms with van der Waals surface area (Å²) in [7, 11) is 3.29. The Balaban J connectivity index is 1.62. The van der Waals surface area contributed by atoms with E-state index in [1.807, 2.05) is 23.1 Å². The minimum atomic E-state index is -0.292. The first-order chi connectivity index (χ1) is 17.9. The molecule has 3 N–H and O–H groups in total. The van der Waals surface area contributed by atoms with E-state index in [4.69, 9.17) is 14.2 Å². The molecule has 1 saturated heterocycles. The van der Waals surface area contributed by atoms with E-state index in [2.05, 4.69) is 24.5 Å². The van der Waals surface area contributed by atoms with Crippen LogP contribution >= 0.6 is 0 Å². The van der Waals surface area contributed by atoms with Gasteiger partial charge in [0, 0.05) is 45.8 Å². The van der Waals surface area contributed by atoms with Gasteiger partial charge in [0.05, 0.1) is 38.2 Å². The van der Waals surface area contributed by atoms with Crippen molar-refractivity contribution in [1.82, 2.24) is 15.5 Å². The molecule has 3 atom stereocenters. The maximum absolute atomic E-state index is 13.6. The van der Waals surface area contributed by atoms with E-state index in [1.165, 1.54) is 0 Å². The van der Waals surface area contributed by atoms with Crippen molar-refractivity contribution in [2.45, 2.75) is 64.6 Å². The molecule has 1 aliphatic carbocycles. The number of hydrogen-bond acceptors (Lipinski definition) is 7. The summed E-state index contributed by atoms with van der Waals surface area (Å²) in [6.07, 6.45) is 4.03. The molecule has 1 heterocycles. The maximum atomic E-state index is 13.6. The number of hydrogen-bond donors (Lipinski definition) is 3. The van der Waals surface area contributed by atoms with Crippen molar-refractivity contribution >= 4 is 11.8 Å². The van der Waals surface area contributed by atoms with Gasteiger partial charge in [0.1, 0.15) is 0 Å². The molecule has 3 rings (SSSR count). The Bertz CT molecular complexity index is 875. The summed E-state index contributed by atoms with van der Waals surface area (Å²) in [5.74, 6) is 1.15. The summed E-state index contributed by atoms with van der Waals surface area (Å²) in [6.45, 7) is 6.84. The van der Waals surface area contributed by atoms with Crippen LogP contribution in [0.1, 0.15) is 51.5 Å². The predicted molar refractivity (Wildman–Crippen MR) is 141 cm³/mol. The largest absolute Gasteiger partial charge is 0.493 e. The zero-order valence-electron chi connectivity index (χ0n) is 22.8. The number of carbonyl (C=O) groups excluding carboxylic acids is 2. The molecule has 1 saturated carbocycles. The summed E-state index contributed by atoms with van der Waals surface area (Å²) in [4.78, 5) is 28.5. The monoisotopic (exact) mass is 519 g/mol. The van der Waals surface area contributed by atoms with Crippen LogP contribution in [0.5, 0.6) is 11.5 Å². The molecule has 9 nitrogen and oxygen atoms in total. The van der Waals surface area contributed by atoms with Gasteiger partial charge in [0.2, 0.25) is 11.8 Å². The first-order valence-corrected chi connectivity index (χ1v) is 13.6. The van der Waals surface area contributed by atoms with Gasteiger partial charge in [0.15, 0.2) is 11.5 Å². The minimum absolute atomic E-state index is 0.0810. The van der Waals surface area contributed by atoms with Crippen molar-refractivity contribution < 1.29 is 28.9 Å². The van der Waals surface area contributed by atoms with Gasteiger partial charge in [-0.3, -0.25) is 9.59 Å². The van der Waals surface area contributed by atoms with Crippen molar-refractivity contribution in [2.75, 3.05) is 47.1 Å².